The molecule has 0 N–H and O–H groups in total. The van der Waals surface area contributed by atoms with Gasteiger partial charge >= 0.3 is 0 Å². The zero-order valence-corrected chi connectivity index (χ0v) is 30.0. The molecule has 258 valence electrons. The number of rotatable bonds is 7. The Morgan fingerprint density at radius 1 is 0.273 bits per heavy atom. The maximum atomic E-state index is 5.21. The smallest absolute Gasteiger partial charge is 0.164 e. The first-order valence-corrected chi connectivity index (χ1v) is 18.7. The lowest BCUT2D eigenvalue weighted by molar-refractivity contribution is 0.768. The molecule has 0 unspecified atom stereocenters. The van der Waals surface area contributed by atoms with Crippen molar-refractivity contribution in [3.63, 3.8) is 0 Å². The van der Waals surface area contributed by atoms with Crippen molar-refractivity contribution in [2.45, 2.75) is 5.41 Å². The van der Waals surface area contributed by atoms with Gasteiger partial charge in [-0.1, -0.05) is 206 Å². The van der Waals surface area contributed by atoms with E-state index in [4.69, 9.17) is 15.0 Å². The van der Waals surface area contributed by atoms with Gasteiger partial charge in [0.15, 0.2) is 17.5 Å². The van der Waals surface area contributed by atoms with Crippen LogP contribution in [0.5, 0.6) is 0 Å². The molecule has 8 aromatic carbocycles. The van der Waals surface area contributed by atoms with Gasteiger partial charge < -0.3 is 0 Å². The molecule has 0 spiro atoms. The summed E-state index contributed by atoms with van der Waals surface area (Å²) in [6.07, 6.45) is 0. The lowest BCUT2D eigenvalue weighted by Crippen LogP contribution is -2.28. The summed E-state index contributed by atoms with van der Waals surface area (Å²) in [5.41, 5.74) is 14.3. The standard InChI is InChI=1S/C52H35N3/c1-6-17-36(18-7-1)37-29-31-40(32-30-37)50-53-49(39-21-10-3-11-22-39)54-51(55-50)41-33-34-45-47(35-41)52(42-23-12-4-13-24-42,43-25-14-5-15-26-43)46-28-16-27-44(48(45)46)38-19-8-2-9-20-38/h1-35H. The van der Waals surface area contributed by atoms with E-state index < -0.39 is 5.41 Å². The number of aromatic nitrogens is 3. The number of benzene rings is 8. The van der Waals surface area contributed by atoms with Crippen molar-refractivity contribution in [3.05, 3.63) is 235 Å². The Hall–Kier alpha value is -7.23. The Bertz CT molecular complexity index is 2730. The van der Waals surface area contributed by atoms with Crippen LogP contribution in [-0.4, -0.2) is 15.0 Å². The lowest BCUT2D eigenvalue weighted by Gasteiger charge is -2.34. The van der Waals surface area contributed by atoms with Crippen molar-refractivity contribution in [1.82, 2.24) is 15.0 Å². The second-order valence-corrected chi connectivity index (χ2v) is 14.0. The van der Waals surface area contributed by atoms with Gasteiger partial charge in [-0.05, 0) is 61.7 Å². The molecule has 9 aromatic rings. The monoisotopic (exact) mass is 701 g/mol. The molecule has 0 atom stereocenters. The van der Waals surface area contributed by atoms with Gasteiger partial charge in [-0.2, -0.15) is 0 Å². The fourth-order valence-corrected chi connectivity index (χ4v) is 8.33. The molecule has 55 heavy (non-hydrogen) atoms. The van der Waals surface area contributed by atoms with Gasteiger partial charge in [-0.3, -0.25) is 0 Å². The molecular weight excluding hydrogens is 667 g/mol. The number of fused-ring (bicyclic) bond motifs is 3. The highest BCUT2D eigenvalue weighted by Crippen LogP contribution is 2.58. The molecule has 0 fully saturated rings. The van der Waals surface area contributed by atoms with Gasteiger partial charge in [-0.25, -0.2) is 15.0 Å². The van der Waals surface area contributed by atoms with E-state index in [0.29, 0.717) is 17.5 Å². The van der Waals surface area contributed by atoms with Crippen molar-refractivity contribution in [2.24, 2.45) is 0 Å². The van der Waals surface area contributed by atoms with Gasteiger partial charge in [0.05, 0.1) is 5.41 Å². The van der Waals surface area contributed by atoms with E-state index in [1.54, 1.807) is 0 Å². The summed E-state index contributed by atoms with van der Waals surface area (Å²) in [5.74, 6) is 1.91. The molecule has 1 aliphatic carbocycles. The van der Waals surface area contributed by atoms with Crippen molar-refractivity contribution < 1.29 is 0 Å². The number of hydrogen-bond acceptors (Lipinski definition) is 3. The minimum atomic E-state index is -0.584. The highest BCUT2D eigenvalue weighted by atomic mass is 15.0. The molecule has 0 radical (unpaired) electrons. The predicted octanol–water partition coefficient (Wildman–Crippen LogP) is 12.6. The molecule has 0 bridgehead atoms. The largest absolute Gasteiger partial charge is 0.208 e. The first-order valence-electron chi connectivity index (χ1n) is 18.7. The van der Waals surface area contributed by atoms with E-state index in [9.17, 15) is 0 Å². The SMILES string of the molecule is c1ccc(-c2ccc(-c3nc(-c4ccccc4)nc(-c4ccc5c(c4)C(c4ccccc4)(c4ccccc4)c4cccc(-c6ccccc6)c4-5)n3)cc2)cc1. The van der Waals surface area contributed by atoms with Gasteiger partial charge in [0.1, 0.15) is 0 Å². The minimum Gasteiger partial charge on any atom is -0.208 e. The second kappa shape index (κ2) is 13.6. The molecular formula is C52H35N3. The molecule has 3 heteroatoms. The van der Waals surface area contributed by atoms with Gasteiger partial charge in [0.2, 0.25) is 0 Å². The van der Waals surface area contributed by atoms with Crippen LogP contribution in [0, 0.1) is 0 Å². The quantitative estimate of drug-likeness (QED) is 0.166. The van der Waals surface area contributed by atoms with E-state index in [0.717, 1.165) is 22.3 Å². The Balaban J connectivity index is 1.21. The molecule has 1 aliphatic rings. The Labute approximate surface area is 321 Å². The average molecular weight is 702 g/mol. The van der Waals surface area contributed by atoms with Crippen molar-refractivity contribution in [3.8, 4) is 67.5 Å². The van der Waals surface area contributed by atoms with Crippen molar-refractivity contribution >= 4 is 0 Å². The van der Waals surface area contributed by atoms with Gasteiger partial charge in [0, 0.05) is 16.7 Å². The first kappa shape index (κ1) is 32.4. The van der Waals surface area contributed by atoms with Crippen LogP contribution < -0.4 is 0 Å². The summed E-state index contributed by atoms with van der Waals surface area (Å²) >= 11 is 0. The maximum Gasteiger partial charge on any atom is 0.164 e. The van der Waals surface area contributed by atoms with Crippen LogP contribution >= 0.6 is 0 Å². The van der Waals surface area contributed by atoms with Crippen molar-refractivity contribution in [2.75, 3.05) is 0 Å². The molecule has 3 nitrogen and oxygen atoms in total. The molecule has 0 saturated heterocycles. The fourth-order valence-electron chi connectivity index (χ4n) is 8.33. The summed E-state index contributed by atoms with van der Waals surface area (Å²) in [7, 11) is 0. The van der Waals surface area contributed by atoms with Crippen LogP contribution in [0.25, 0.3) is 67.5 Å². The minimum absolute atomic E-state index is 0.584. The predicted molar refractivity (Wildman–Crippen MR) is 224 cm³/mol. The van der Waals surface area contributed by atoms with E-state index in [1.807, 2.05) is 24.3 Å². The summed E-state index contributed by atoms with van der Waals surface area (Å²) in [5, 5.41) is 0. The molecule has 0 saturated carbocycles. The molecule has 0 aliphatic heterocycles. The third-order valence-electron chi connectivity index (χ3n) is 10.8. The summed E-state index contributed by atoms with van der Waals surface area (Å²) in [6.45, 7) is 0. The molecule has 1 heterocycles. The van der Waals surface area contributed by atoms with Crippen LogP contribution in [0.1, 0.15) is 22.3 Å². The first-order chi connectivity index (χ1) is 27.3. The van der Waals surface area contributed by atoms with Crippen LogP contribution in [0.3, 0.4) is 0 Å². The maximum absolute atomic E-state index is 5.21. The van der Waals surface area contributed by atoms with Crippen LogP contribution in [-0.2, 0) is 5.41 Å². The Morgan fingerprint density at radius 2 is 0.691 bits per heavy atom. The van der Waals surface area contributed by atoms with E-state index in [-0.39, 0.29) is 0 Å². The highest BCUT2D eigenvalue weighted by molar-refractivity contribution is 5.96. The summed E-state index contributed by atoms with van der Waals surface area (Å²) in [4.78, 5) is 15.4. The zero-order valence-electron chi connectivity index (χ0n) is 30.0. The summed E-state index contributed by atoms with van der Waals surface area (Å²) in [6, 6.07) is 75.3. The fraction of sp³-hybridized carbons (Fsp3) is 0.0192. The normalized spacial score (nSPS) is 12.5. The van der Waals surface area contributed by atoms with E-state index >= 15 is 0 Å². The third kappa shape index (κ3) is 5.57. The van der Waals surface area contributed by atoms with E-state index in [1.165, 1.54) is 50.1 Å². The molecule has 1 aromatic heterocycles. The highest BCUT2D eigenvalue weighted by Gasteiger charge is 2.47. The third-order valence-corrected chi connectivity index (χ3v) is 10.8. The van der Waals surface area contributed by atoms with Crippen molar-refractivity contribution in [1.29, 1.82) is 0 Å². The second-order valence-electron chi connectivity index (χ2n) is 14.0. The van der Waals surface area contributed by atoms with Crippen LogP contribution in [0.2, 0.25) is 0 Å². The topological polar surface area (TPSA) is 38.7 Å². The molecule has 0 amide bonds. The van der Waals surface area contributed by atoms with Crippen LogP contribution in [0.15, 0.2) is 212 Å². The zero-order chi connectivity index (χ0) is 36.6. The van der Waals surface area contributed by atoms with E-state index in [2.05, 4.69) is 188 Å². The lowest BCUT2D eigenvalue weighted by atomic mass is 9.67. The Kier molecular flexibility index (Phi) is 8.04. The molecule has 10 rings (SSSR count). The van der Waals surface area contributed by atoms with Gasteiger partial charge in [0.25, 0.3) is 0 Å². The van der Waals surface area contributed by atoms with Gasteiger partial charge in [-0.15, -0.1) is 0 Å². The summed E-state index contributed by atoms with van der Waals surface area (Å²) < 4.78 is 0. The number of hydrogen-bond donors (Lipinski definition) is 0. The van der Waals surface area contributed by atoms with Crippen LogP contribution in [0.4, 0.5) is 0 Å². The number of nitrogens with zero attached hydrogens (tertiary/aromatic N) is 3. The Morgan fingerprint density at radius 3 is 1.25 bits per heavy atom. The average Bonchev–Trinajstić information content (AvgIpc) is 3.58.